The summed E-state index contributed by atoms with van der Waals surface area (Å²) in [7, 11) is -4.23. The van der Waals surface area contributed by atoms with Crippen molar-refractivity contribution in [3.63, 3.8) is 0 Å². The van der Waals surface area contributed by atoms with Gasteiger partial charge in [0.15, 0.2) is 0 Å². The molecular weight excluding hydrogens is 493 g/mol. The monoisotopic (exact) mass is 549 g/mol. The standard InChI is InChI=1S/C28H56NO7P/c1-3-5-6-7-8-9-10-11-12-13-14-15-16-17-18-19-20-21-23-33-25-27(36-28(30)4-2)26-35-37(31,32)34-24-22-29/h11-12,27H,3-10,13-26,29H2,1-2H3,(H,31,32)/b12-11-. The van der Waals surface area contributed by atoms with E-state index in [0.29, 0.717) is 6.61 Å². The molecule has 0 heterocycles. The third kappa shape index (κ3) is 26.6. The zero-order chi connectivity index (χ0) is 27.5. The summed E-state index contributed by atoms with van der Waals surface area (Å²) in [6.07, 6.45) is 24.5. The Morgan fingerprint density at radius 1 is 0.784 bits per heavy atom. The largest absolute Gasteiger partial charge is 0.472 e. The first-order chi connectivity index (χ1) is 17.9. The molecule has 0 fully saturated rings. The Kier molecular flexibility index (Phi) is 26.3. The van der Waals surface area contributed by atoms with Crippen LogP contribution in [0.15, 0.2) is 12.2 Å². The second-order valence-corrected chi connectivity index (χ2v) is 11.0. The van der Waals surface area contributed by atoms with Gasteiger partial charge in [0.25, 0.3) is 0 Å². The van der Waals surface area contributed by atoms with E-state index in [2.05, 4.69) is 23.6 Å². The number of ether oxygens (including phenoxy) is 2. The number of phosphoric acid groups is 1. The van der Waals surface area contributed by atoms with Crippen LogP contribution < -0.4 is 5.73 Å². The zero-order valence-corrected chi connectivity index (χ0v) is 24.6. The number of phosphoric ester groups is 1. The molecule has 0 amide bonds. The average molecular weight is 550 g/mol. The lowest BCUT2D eigenvalue weighted by molar-refractivity contribution is -0.154. The lowest BCUT2D eigenvalue weighted by Gasteiger charge is -2.19. The number of carbonyl (C=O) groups excluding carboxylic acids is 1. The van der Waals surface area contributed by atoms with Crippen LogP contribution in [0, 0.1) is 0 Å². The molecule has 0 aliphatic rings. The van der Waals surface area contributed by atoms with E-state index < -0.39 is 19.9 Å². The van der Waals surface area contributed by atoms with E-state index in [4.69, 9.17) is 19.7 Å². The minimum Gasteiger partial charge on any atom is -0.457 e. The molecule has 0 aromatic heterocycles. The quantitative estimate of drug-likeness (QED) is 0.0454. The lowest BCUT2D eigenvalue weighted by atomic mass is 10.1. The third-order valence-electron chi connectivity index (χ3n) is 5.99. The molecule has 0 radical (unpaired) electrons. The molecule has 8 nitrogen and oxygen atoms in total. The van der Waals surface area contributed by atoms with Crippen molar-refractivity contribution in [2.45, 2.75) is 129 Å². The van der Waals surface area contributed by atoms with Gasteiger partial charge in [0, 0.05) is 19.6 Å². The Labute approximate surface area is 226 Å². The van der Waals surface area contributed by atoms with Gasteiger partial charge >= 0.3 is 13.8 Å². The van der Waals surface area contributed by atoms with E-state index in [1.165, 1.54) is 89.9 Å². The number of hydrogen-bond acceptors (Lipinski definition) is 7. The first-order valence-electron chi connectivity index (χ1n) is 14.7. The van der Waals surface area contributed by atoms with Crippen molar-refractivity contribution in [3.8, 4) is 0 Å². The molecule has 0 bridgehead atoms. The topological polar surface area (TPSA) is 117 Å². The highest BCUT2D eigenvalue weighted by atomic mass is 31.2. The summed E-state index contributed by atoms with van der Waals surface area (Å²) in [6.45, 7) is 4.32. The normalized spacial score (nSPS) is 14.2. The number of rotatable bonds is 28. The molecule has 2 atom stereocenters. The van der Waals surface area contributed by atoms with Crippen LogP contribution in [0.4, 0.5) is 0 Å². The molecule has 0 spiro atoms. The Morgan fingerprint density at radius 3 is 1.86 bits per heavy atom. The Bertz CT molecular complexity index is 589. The van der Waals surface area contributed by atoms with E-state index in [1.807, 2.05) is 0 Å². The van der Waals surface area contributed by atoms with E-state index in [9.17, 15) is 14.3 Å². The number of esters is 1. The molecule has 3 N–H and O–H groups in total. The number of nitrogens with two attached hydrogens (primary N) is 1. The van der Waals surface area contributed by atoms with Crippen LogP contribution in [-0.4, -0.2) is 49.9 Å². The molecule has 9 heteroatoms. The van der Waals surface area contributed by atoms with E-state index in [1.54, 1.807) is 6.92 Å². The van der Waals surface area contributed by atoms with Crippen molar-refractivity contribution in [2.75, 3.05) is 33.0 Å². The van der Waals surface area contributed by atoms with Gasteiger partial charge in [-0.15, -0.1) is 0 Å². The molecule has 37 heavy (non-hydrogen) atoms. The van der Waals surface area contributed by atoms with Crippen LogP contribution in [0.3, 0.4) is 0 Å². The molecule has 0 aliphatic heterocycles. The van der Waals surface area contributed by atoms with Crippen molar-refractivity contribution in [3.05, 3.63) is 12.2 Å². The smallest absolute Gasteiger partial charge is 0.457 e. The Hall–Kier alpha value is -0.760. The molecule has 0 rings (SSSR count). The second kappa shape index (κ2) is 26.8. The minimum absolute atomic E-state index is 0.0968. The van der Waals surface area contributed by atoms with Crippen LogP contribution in [0.2, 0.25) is 0 Å². The Morgan fingerprint density at radius 2 is 1.32 bits per heavy atom. The van der Waals surface area contributed by atoms with Gasteiger partial charge in [0.05, 0.1) is 19.8 Å². The fourth-order valence-electron chi connectivity index (χ4n) is 3.79. The van der Waals surface area contributed by atoms with Crippen molar-refractivity contribution in [2.24, 2.45) is 5.73 Å². The SMILES string of the molecule is CCCCCCCC/C=C\CCCCCCCCCCOCC(COP(=O)(O)OCCN)OC(=O)CC. The van der Waals surface area contributed by atoms with Gasteiger partial charge in [-0.3, -0.25) is 13.8 Å². The summed E-state index contributed by atoms with van der Waals surface area (Å²) < 4.78 is 32.2. The maximum Gasteiger partial charge on any atom is 0.472 e. The number of unbranched alkanes of at least 4 members (excludes halogenated alkanes) is 14. The van der Waals surface area contributed by atoms with Gasteiger partial charge in [0.1, 0.15) is 6.10 Å². The maximum atomic E-state index is 11.8. The van der Waals surface area contributed by atoms with Crippen molar-refractivity contribution < 1.29 is 32.8 Å². The van der Waals surface area contributed by atoms with Gasteiger partial charge in [-0.2, -0.15) is 0 Å². The molecule has 0 aromatic carbocycles. The van der Waals surface area contributed by atoms with Crippen LogP contribution in [0.1, 0.15) is 123 Å². The molecule has 220 valence electrons. The lowest BCUT2D eigenvalue weighted by Crippen LogP contribution is -2.28. The number of hydrogen-bond donors (Lipinski definition) is 2. The minimum atomic E-state index is -4.23. The van der Waals surface area contributed by atoms with Crippen LogP contribution >= 0.6 is 7.82 Å². The Balaban J connectivity index is 3.66. The summed E-state index contributed by atoms with van der Waals surface area (Å²) in [5.41, 5.74) is 5.26. The van der Waals surface area contributed by atoms with E-state index >= 15 is 0 Å². The number of allylic oxidation sites excluding steroid dienone is 2. The average Bonchev–Trinajstić information content (AvgIpc) is 2.89. The van der Waals surface area contributed by atoms with Gasteiger partial charge < -0.3 is 20.1 Å². The molecule has 2 unspecified atom stereocenters. The molecule has 0 aromatic rings. The summed E-state index contributed by atoms with van der Waals surface area (Å²) in [5, 5.41) is 0. The van der Waals surface area contributed by atoms with Gasteiger partial charge in [0.2, 0.25) is 0 Å². The first kappa shape index (κ1) is 36.2. The zero-order valence-electron chi connectivity index (χ0n) is 23.7. The van der Waals surface area contributed by atoms with Crippen LogP contribution in [-0.2, 0) is 27.9 Å². The summed E-state index contributed by atoms with van der Waals surface area (Å²) in [5.74, 6) is -0.419. The van der Waals surface area contributed by atoms with E-state index in [-0.39, 0.29) is 32.8 Å². The summed E-state index contributed by atoms with van der Waals surface area (Å²) in [4.78, 5) is 21.2. The predicted molar refractivity (Wildman–Crippen MR) is 150 cm³/mol. The van der Waals surface area contributed by atoms with Crippen LogP contribution in [0.25, 0.3) is 0 Å². The summed E-state index contributed by atoms with van der Waals surface area (Å²) in [6, 6.07) is 0. The van der Waals surface area contributed by atoms with E-state index in [0.717, 1.165) is 12.8 Å². The summed E-state index contributed by atoms with van der Waals surface area (Å²) >= 11 is 0. The highest BCUT2D eigenvalue weighted by Gasteiger charge is 2.24. The van der Waals surface area contributed by atoms with Gasteiger partial charge in [-0.25, -0.2) is 4.57 Å². The van der Waals surface area contributed by atoms with Gasteiger partial charge in [-0.05, 0) is 32.1 Å². The fraction of sp³-hybridized carbons (Fsp3) is 0.893. The molecule has 0 saturated heterocycles. The molecule has 0 saturated carbocycles. The van der Waals surface area contributed by atoms with Crippen molar-refractivity contribution in [1.82, 2.24) is 0 Å². The van der Waals surface area contributed by atoms with Crippen molar-refractivity contribution >= 4 is 13.8 Å². The number of carbonyl (C=O) groups is 1. The molecular formula is C28H56NO7P. The van der Waals surface area contributed by atoms with Gasteiger partial charge in [-0.1, -0.05) is 96.6 Å². The highest BCUT2D eigenvalue weighted by Crippen LogP contribution is 2.43. The molecule has 0 aliphatic carbocycles. The maximum absolute atomic E-state index is 11.8. The predicted octanol–water partition coefficient (Wildman–Crippen LogP) is 7.23. The fourth-order valence-corrected chi connectivity index (χ4v) is 4.55. The van der Waals surface area contributed by atoms with Crippen LogP contribution in [0.5, 0.6) is 0 Å². The first-order valence-corrected chi connectivity index (χ1v) is 16.2. The highest BCUT2D eigenvalue weighted by molar-refractivity contribution is 7.47. The second-order valence-electron chi connectivity index (χ2n) is 9.57. The third-order valence-corrected chi connectivity index (χ3v) is 6.97. The van der Waals surface area contributed by atoms with Crippen molar-refractivity contribution in [1.29, 1.82) is 0 Å².